The Kier molecular flexibility index (Phi) is 14.8. The molecule has 3 unspecified atom stereocenters. The maximum Gasteiger partial charge on any atom is 0.320 e. The van der Waals surface area contributed by atoms with Crippen LogP contribution in [0.25, 0.3) is 0 Å². The summed E-state index contributed by atoms with van der Waals surface area (Å²) in [5, 5.41) is 21.3. The lowest BCUT2D eigenvalue weighted by molar-refractivity contribution is -0.190. The highest BCUT2D eigenvalue weighted by molar-refractivity contribution is 5.73. The summed E-state index contributed by atoms with van der Waals surface area (Å²) in [6.45, 7) is 3.55. The van der Waals surface area contributed by atoms with E-state index in [-0.39, 0.29) is 18.8 Å². The number of unbranched alkanes of at least 4 members (excludes halogenated alkanes) is 5. The monoisotopic (exact) mass is 415 g/mol. The number of aliphatic carboxylic acids is 2. The van der Waals surface area contributed by atoms with Crippen LogP contribution in [0.1, 0.15) is 96.8 Å². The molecule has 0 aromatic carbocycles. The molecule has 0 spiro atoms. The second-order valence-electron chi connectivity index (χ2n) is 8.03. The van der Waals surface area contributed by atoms with E-state index in [2.05, 4.69) is 12.2 Å². The Balaban J connectivity index is 2.30. The molecule has 29 heavy (non-hydrogen) atoms. The lowest BCUT2D eigenvalue weighted by atomic mass is 10.0. The van der Waals surface area contributed by atoms with Crippen molar-refractivity contribution in [2.45, 2.75) is 115 Å². The summed E-state index contributed by atoms with van der Waals surface area (Å²) in [6.07, 6.45) is 12.3. The molecular formula is C22H41NO6. The van der Waals surface area contributed by atoms with Crippen molar-refractivity contribution in [1.82, 2.24) is 5.32 Å². The van der Waals surface area contributed by atoms with Gasteiger partial charge in [-0.2, -0.15) is 0 Å². The van der Waals surface area contributed by atoms with E-state index in [9.17, 15) is 14.7 Å². The van der Waals surface area contributed by atoms with Crippen molar-refractivity contribution in [2.24, 2.45) is 0 Å². The quantitative estimate of drug-likeness (QED) is 0.286. The normalized spacial score (nSPS) is 19.0. The predicted molar refractivity (Wildman–Crippen MR) is 112 cm³/mol. The minimum atomic E-state index is -0.824. The molecule has 1 aliphatic heterocycles. The molecule has 1 aliphatic rings. The van der Waals surface area contributed by atoms with Gasteiger partial charge in [0.15, 0.2) is 6.29 Å². The second-order valence-corrected chi connectivity index (χ2v) is 8.03. The SMILES string of the molecule is CCCCCC(CCNC(CCCCCCC(=O)O)C(=O)O)OC1CCCCO1. The summed E-state index contributed by atoms with van der Waals surface area (Å²) in [5.41, 5.74) is 0. The molecule has 0 aliphatic carbocycles. The fraction of sp³-hybridized carbons (Fsp3) is 0.909. The Morgan fingerprint density at radius 3 is 2.45 bits per heavy atom. The van der Waals surface area contributed by atoms with Crippen LogP contribution in [0.3, 0.4) is 0 Å². The Hall–Kier alpha value is -1.18. The summed E-state index contributed by atoms with van der Waals surface area (Å²) >= 11 is 0. The van der Waals surface area contributed by atoms with Crippen molar-refractivity contribution in [2.75, 3.05) is 13.2 Å². The lowest BCUT2D eigenvalue weighted by Gasteiger charge is -2.28. The Labute approximate surface area is 175 Å². The van der Waals surface area contributed by atoms with Crippen LogP contribution in [0.2, 0.25) is 0 Å². The summed E-state index contributed by atoms with van der Waals surface area (Å²) in [4.78, 5) is 22.0. The van der Waals surface area contributed by atoms with E-state index < -0.39 is 18.0 Å². The first-order chi connectivity index (χ1) is 14.0. The van der Waals surface area contributed by atoms with E-state index >= 15 is 0 Å². The predicted octanol–water partition coefficient (Wildman–Crippen LogP) is 4.34. The summed E-state index contributed by atoms with van der Waals surface area (Å²) < 4.78 is 11.9. The van der Waals surface area contributed by atoms with Gasteiger partial charge in [-0.15, -0.1) is 0 Å². The van der Waals surface area contributed by atoms with Crippen molar-refractivity contribution >= 4 is 11.9 Å². The van der Waals surface area contributed by atoms with Gasteiger partial charge in [-0.25, -0.2) is 0 Å². The number of rotatable bonds is 18. The second kappa shape index (κ2) is 16.6. The van der Waals surface area contributed by atoms with E-state index in [4.69, 9.17) is 14.6 Å². The average molecular weight is 416 g/mol. The van der Waals surface area contributed by atoms with E-state index in [0.29, 0.717) is 19.4 Å². The molecule has 0 saturated carbocycles. The third-order valence-electron chi connectivity index (χ3n) is 5.40. The molecule has 0 aromatic heterocycles. The van der Waals surface area contributed by atoms with E-state index in [0.717, 1.165) is 64.4 Å². The van der Waals surface area contributed by atoms with Crippen LogP contribution < -0.4 is 5.32 Å². The minimum absolute atomic E-state index is 0.0996. The molecule has 0 bridgehead atoms. The van der Waals surface area contributed by atoms with Gasteiger partial charge in [-0.3, -0.25) is 9.59 Å². The van der Waals surface area contributed by atoms with Gasteiger partial charge in [0.1, 0.15) is 6.04 Å². The average Bonchev–Trinajstić information content (AvgIpc) is 2.69. The molecule has 7 nitrogen and oxygen atoms in total. The number of carbonyl (C=O) groups is 2. The molecule has 1 fully saturated rings. The highest BCUT2D eigenvalue weighted by atomic mass is 16.7. The van der Waals surface area contributed by atoms with E-state index in [1.165, 1.54) is 12.8 Å². The summed E-state index contributed by atoms with van der Waals surface area (Å²) in [7, 11) is 0. The van der Waals surface area contributed by atoms with Crippen molar-refractivity contribution in [1.29, 1.82) is 0 Å². The van der Waals surface area contributed by atoms with Gasteiger partial charge >= 0.3 is 11.9 Å². The molecular weight excluding hydrogens is 374 g/mol. The van der Waals surface area contributed by atoms with Crippen LogP contribution in [0.15, 0.2) is 0 Å². The van der Waals surface area contributed by atoms with Crippen molar-refractivity contribution in [3.8, 4) is 0 Å². The van der Waals surface area contributed by atoms with Gasteiger partial charge in [0.2, 0.25) is 0 Å². The van der Waals surface area contributed by atoms with Gasteiger partial charge in [0.05, 0.1) is 6.10 Å². The van der Waals surface area contributed by atoms with Gasteiger partial charge in [0, 0.05) is 13.0 Å². The van der Waals surface area contributed by atoms with Crippen LogP contribution in [0, 0.1) is 0 Å². The molecule has 170 valence electrons. The molecule has 1 heterocycles. The topological polar surface area (TPSA) is 105 Å². The minimum Gasteiger partial charge on any atom is -0.481 e. The fourth-order valence-electron chi connectivity index (χ4n) is 3.65. The number of carboxylic acid groups (broad SMARTS) is 2. The van der Waals surface area contributed by atoms with Crippen LogP contribution in [0.4, 0.5) is 0 Å². The maximum atomic E-state index is 11.5. The molecule has 1 rings (SSSR count). The first-order valence-electron chi connectivity index (χ1n) is 11.5. The smallest absolute Gasteiger partial charge is 0.320 e. The number of hydrogen-bond donors (Lipinski definition) is 3. The van der Waals surface area contributed by atoms with Gasteiger partial charge in [-0.05, 0) is 51.5 Å². The first kappa shape index (κ1) is 25.9. The molecule has 1 saturated heterocycles. The number of ether oxygens (including phenoxy) is 2. The molecule has 7 heteroatoms. The van der Waals surface area contributed by atoms with Gasteiger partial charge in [0.25, 0.3) is 0 Å². The first-order valence-corrected chi connectivity index (χ1v) is 11.5. The van der Waals surface area contributed by atoms with Crippen molar-refractivity contribution in [3.63, 3.8) is 0 Å². The zero-order chi connectivity index (χ0) is 21.3. The number of hydrogen-bond acceptors (Lipinski definition) is 5. The Morgan fingerprint density at radius 2 is 1.79 bits per heavy atom. The number of nitrogens with one attached hydrogen (secondary N) is 1. The Bertz CT molecular complexity index is 439. The maximum absolute atomic E-state index is 11.5. The number of carboxylic acids is 2. The van der Waals surface area contributed by atoms with Gasteiger partial charge < -0.3 is 25.0 Å². The highest BCUT2D eigenvalue weighted by Gasteiger charge is 2.21. The van der Waals surface area contributed by atoms with Crippen LogP contribution >= 0.6 is 0 Å². The van der Waals surface area contributed by atoms with Crippen molar-refractivity contribution < 1.29 is 29.3 Å². The molecule has 0 amide bonds. The van der Waals surface area contributed by atoms with Gasteiger partial charge in [-0.1, -0.05) is 45.4 Å². The molecule has 3 N–H and O–H groups in total. The molecule has 3 atom stereocenters. The van der Waals surface area contributed by atoms with E-state index in [1.807, 2.05) is 0 Å². The molecule has 0 aromatic rings. The van der Waals surface area contributed by atoms with E-state index in [1.54, 1.807) is 0 Å². The van der Waals surface area contributed by atoms with Crippen molar-refractivity contribution in [3.05, 3.63) is 0 Å². The van der Waals surface area contributed by atoms with Crippen LogP contribution in [-0.4, -0.2) is 53.7 Å². The standard InChI is InChI=1S/C22H41NO6/c1-2-3-6-11-18(29-21-14-9-10-17-28-21)15-16-23-19(22(26)27)12-7-4-5-8-13-20(24)25/h18-19,21,23H,2-17H2,1H3,(H,24,25)(H,26,27). The Morgan fingerprint density at radius 1 is 1.03 bits per heavy atom. The third-order valence-corrected chi connectivity index (χ3v) is 5.40. The summed E-state index contributed by atoms with van der Waals surface area (Å²) in [6, 6.07) is -0.559. The lowest BCUT2D eigenvalue weighted by Crippen LogP contribution is -2.39. The highest BCUT2D eigenvalue weighted by Crippen LogP contribution is 2.19. The zero-order valence-corrected chi connectivity index (χ0v) is 18.1. The largest absolute Gasteiger partial charge is 0.481 e. The fourth-order valence-corrected chi connectivity index (χ4v) is 3.65. The zero-order valence-electron chi connectivity index (χ0n) is 18.1. The van der Waals surface area contributed by atoms with Crippen LogP contribution in [-0.2, 0) is 19.1 Å². The third kappa shape index (κ3) is 13.6. The van der Waals surface area contributed by atoms with Crippen LogP contribution in [0.5, 0.6) is 0 Å². The molecule has 0 radical (unpaired) electrons. The summed E-state index contributed by atoms with van der Waals surface area (Å²) in [5.74, 6) is -1.60.